The molecular formula is C24H28N2O3. The molecule has 1 fully saturated rings. The van der Waals surface area contributed by atoms with Gasteiger partial charge in [0.2, 0.25) is 0 Å². The first-order valence-corrected chi connectivity index (χ1v) is 10.0. The number of amides is 3. The number of carbonyl (C=O) groups is 3. The van der Waals surface area contributed by atoms with E-state index < -0.39 is 17.5 Å². The van der Waals surface area contributed by atoms with E-state index in [1.54, 1.807) is 6.92 Å². The summed E-state index contributed by atoms with van der Waals surface area (Å²) in [7, 11) is 0. The number of Topliss-reactive ketones (excluding diaryl/α,β-unsaturated/α-hetero) is 1. The van der Waals surface area contributed by atoms with Gasteiger partial charge in [0.05, 0.1) is 6.54 Å². The molecule has 1 heterocycles. The maximum Gasteiger partial charge on any atom is 0.325 e. The highest BCUT2D eigenvalue weighted by Gasteiger charge is 2.49. The summed E-state index contributed by atoms with van der Waals surface area (Å²) in [6.07, 6.45) is 2.01. The van der Waals surface area contributed by atoms with Gasteiger partial charge in [0, 0.05) is 5.56 Å². The summed E-state index contributed by atoms with van der Waals surface area (Å²) in [6.45, 7) is 9.34. The summed E-state index contributed by atoms with van der Waals surface area (Å²) in [5.41, 5.74) is 4.24. The molecule has 29 heavy (non-hydrogen) atoms. The smallest absolute Gasteiger partial charge is 0.319 e. The van der Waals surface area contributed by atoms with E-state index >= 15 is 0 Å². The predicted molar refractivity (Wildman–Crippen MR) is 113 cm³/mol. The molecule has 0 saturated carbocycles. The molecule has 0 radical (unpaired) electrons. The molecule has 0 unspecified atom stereocenters. The Labute approximate surface area is 172 Å². The molecule has 3 rings (SSSR count). The Balaban J connectivity index is 1.83. The van der Waals surface area contributed by atoms with Crippen molar-refractivity contribution in [3.8, 4) is 0 Å². The summed E-state index contributed by atoms with van der Waals surface area (Å²) in [5, 5.41) is 2.78. The number of carbonyl (C=O) groups excluding carboxylic acids is 3. The van der Waals surface area contributed by atoms with Crippen LogP contribution in [0.5, 0.6) is 0 Å². The molecule has 2 aromatic rings. The zero-order valence-electron chi connectivity index (χ0n) is 17.8. The first-order valence-electron chi connectivity index (χ1n) is 10.0. The average Bonchev–Trinajstić information content (AvgIpc) is 2.89. The zero-order chi connectivity index (χ0) is 21.3. The van der Waals surface area contributed by atoms with Crippen molar-refractivity contribution in [3.05, 3.63) is 69.8 Å². The molecule has 5 heteroatoms. The monoisotopic (exact) mass is 392 g/mol. The number of benzene rings is 2. The third kappa shape index (κ3) is 3.82. The first kappa shape index (κ1) is 20.8. The summed E-state index contributed by atoms with van der Waals surface area (Å²) in [5.74, 6) is -0.641. The minimum atomic E-state index is -1.17. The Hall–Kier alpha value is -2.95. The van der Waals surface area contributed by atoms with Crippen molar-refractivity contribution in [2.75, 3.05) is 6.54 Å². The largest absolute Gasteiger partial charge is 0.325 e. The second kappa shape index (κ2) is 7.82. The highest BCUT2D eigenvalue weighted by Crippen LogP contribution is 2.29. The quantitative estimate of drug-likeness (QED) is 0.591. The number of ketones is 1. The van der Waals surface area contributed by atoms with Crippen molar-refractivity contribution >= 4 is 17.7 Å². The molecular weight excluding hydrogens is 364 g/mol. The lowest BCUT2D eigenvalue weighted by molar-refractivity contribution is -0.130. The van der Waals surface area contributed by atoms with Crippen molar-refractivity contribution in [3.63, 3.8) is 0 Å². The lowest BCUT2D eigenvalue weighted by atomic mass is 9.90. The van der Waals surface area contributed by atoms with Gasteiger partial charge in [0.1, 0.15) is 5.54 Å². The Bertz CT molecular complexity index is 978. The molecule has 2 aromatic carbocycles. The molecule has 0 aliphatic carbocycles. The lowest BCUT2D eigenvalue weighted by Gasteiger charge is -2.22. The number of nitrogens with one attached hydrogen (secondary N) is 1. The molecule has 1 N–H and O–H groups in total. The highest BCUT2D eigenvalue weighted by atomic mass is 16.2. The summed E-state index contributed by atoms with van der Waals surface area (Å²) < 4.78 is 0. The van der Waals surface area contributed by atoms with Crippen molar-refractivity contribution in [1.29, 1.82) is 0 Å². The van der Waals surface area contributed by atoms with Crippen LogP contribution in [0.25, 0.3) is 0 Å². The Kier molecular flexibility index (Phi) is 5.60. The van der Waals surface area contributed by atoms with Gasteiger partial charge in [-0.15, -0.1) is 0 Å². The Morgan fingerprint density at radius 3 is 2.24 bits per heavy atom. The van der Waals surface area contributed by atoms with Crippen LogP contribution >= 0.6 is 0 Å². The topological polar surface area (TPSA) is 66.5 Å². The van der Waals surface area contributed by atoms with E-state index in [0.29, 0.717) is 11.1 Å². The standard InChI is InChI=1S/C24H28N2O3/c1-6-7-18-8-10-19(11-9-18)24(5)22(28)26(23(29)25-24)14-21(27)20-13-16(3)15(2)12-17(20)4/h8-13H,6-7,14H2,1-5H3,(H,25,29)/t24-/m1/s1. The van der Waals surface area contributed by atoms with Gasteiger partial charge in [-0.3, -0.25) is 14.5 Å². The molecule has 1 saturated heterocycles. The first-order chi connectivity index (χ1) is 13.7. The van der Waals surface area contributed by atoms with Gasteiger partial charge in [-0.05, 0) is 68.0 Å². The fraction of sp³-hybridized carbons (Fsp3) is 0.375. The number of rotatable bonds is 6. The van der Waals surface area contributed by atoms with Gasteiger partial charge in [0.25, 0.3) is 5.91 Å². The lowest BCUT2D eigenvalue weighted by Crippen LogP contribution is -2.41. The third-order valence-corrected chi connectivity index (χ3v) is 5.79. The van der Waals surface area contributed by atoms with Crippen LogP contribution in [0, 0.1) is 20.8 Å². The van der Waals surface area contributed by atoms with Crippen molar-refractivity contribution < 1.29 is 14.4 Å². The minimum Gasteiger partial charge on any atom is -0.319 e. The van der Waals surface area contributed by atoms with Crippen LogP contribution in [0.4, 0.5) is 4.79 Å². The maximum atomic E-state index is 13.1. The third-order valence-electron chi connectivity index (χ3n) is 5.79. The second-order valence-electron chi connectivity index (χ2n) is 8.07. The van der Waals surface area contributed by atoms with Gasteiger partial charge < -0.3 is 5.32 Å². The second-order valence-corrected chi connectivity index (χ2v) is 8.07. The Morgan fingerprint density at radius 1 is 1.00 bits per heavy atom. The molecule has 1 atom stereocenters. The summed E-state index contributed by atoms with van der Waals surface area (Å²) in [4.78, 5) is 39.6. The maximum absolute atomic E-state index is 13.1. The number of hydrogen-bond acceptors (Lipinski definition) is 3. The fourth-order valence-corrected chi connectivity index (χ4v) is 3.82. The van der Waals surface area contributed by atoms with Crippen molar-refractivity contribution in [2.24, 2.45) is 0 Å². The molecule has 152 valence electrons. The number of urea groups is 1. The predicted octanol–water partition coefficient (Wildman–Crippen LogP) is 4.21. The van der Waals surface area contributed by atoms with Crippen LogP contribution in [-0.2, 0) is 16.8 Å². The SMILES string of the molecule is CCCc1ccc([C@@]2(C)NC(=O)N(CC(=O)c3cc(C)c(C)cc3C)C2=O)cc1. The molecule has 1 aliphatic heterocycles. The van der Waals surface area contributed by atoms with Crippen LogP contribution in [0.15, 0.2) is 36.4 Å². The molecule has 0 bridgehead atoms. The van der Waals surface area contributed by atoms with Gasteiger partial charge in [-0.2, -0.15) is 0 Å². The number of aryl methyl sites for hydroxylation is 4. The van der Waals surface area contributed by atoms with Crippen LogP contribution < -0.4 is 5.32 Å². The number of nitrogens with zero attached hydrogens (tertiary/aromatic N) is 1. The van der Waals surface area contributed by atoms with Gasteiger partial charge in [-0.25, -0.2) is 4.79 Å². The number of hydrogen-bond donors (Lipinski definition) is 1. The molecule has 0 aromatic heterocycles. The van der Waals surface area contributed by atoms with Gasteiger partial charge in [-0.1, -0.05) is 43.7 Å². The van der Waals surface area contributed by atoms with Crippen molar-refractivity contribution in [2.45, 2.75) is 53.0 Å². The summed E-state index contributed by atoms with van der Waals surface area (Å²) in [6, 6.07) is 11.0. The van der Waals surface area contributed by atoms with E-state index in [2.05, 4.69) is 12.2 Å². The molecule has 0 spiro atoms. The van der Waals surface area contributed by atoms with Crippen LogP contribution in [0.1, 0.15) is 58.4 Å². The average molecular weight is 392 g/mol. The van der Waals surface area contributed by atoms with Gasteiger partial charge >= 0.3 is 6.03 Å². The van der Waals surface area contributed by atoms with Crippen LogP contribution in [-0.4, -0.2) is 29.2 Å². The van der Waals surface area contributed by atoms with E-state index in [0.717, 1.165) is 34.4 Å². The summed E-state index contributed by atoms with van der Waals surface area (Å²) >= 11 is 0. The van der Waals surface area contributed by atoms with Gasteiger partial charge in [0.15, 0.2) is 5.78 Å². The molecule has 3 amide bonds. The van der Waals surface area contributed by atoms with E-state index in [1.165, 1.54) is 5.56 Å². The van der Waals surface area contributed by atoms with Crippen molar-refractivity contribution in [1.82, 2.24) is 10.2 Å². The minimum absolute atomic E-state index is 0.239. The molecule has 1 aliphatic rings. The van der Waals surface area contributed by atoms with E-state index in [4.69, 9.17) is 0 Å². The van der Waals surface area contributed by atoms with Crippen LogP contribution in [0.3, 0.4) is 0 Å². The van der Waals surface area contributed by atoms with E-state index in [9.17, 15) is 14.4 Å². The van der Waals surface area contributed by atoms with E-state index in [-0.39, 0.29) is 12.3 Å². The molecule has 5 nitrogen and oxygen atoms in total. The Morgan fingerprint density at radius 2 is 1.62 bits per heavy atom. The number of imide groups is 1. The fourth-order valence-electron chi connectivity index (χ4n) is 3.82. The highest BCUT2D eigenvalue weighted by molar-refractivity contribution is 6.11. The zero-order valence-corrected chi connectivity index (χ0v) is 17.8. The normalized spacial score (nSPS) is 18.9. The van der Waals surface area contributed by atoms with Crippen LogP contribution in [0.2, 0.25) is 0 Å². The van der Waals surface area contributed by atoms with E-state index in [1.807, 2.05) is 57.2 Å².